The summed E-state index contributed by atoms with van der Waals surface area (Å²) in [5, 5.41) is 5.14. The zero-order chi connectivity index (χ0) is 26.6. The quantitative estimate of drug-likeness (QED) is 0.460. The summed E-state index contributed by atoms with van der Waals surface area (Å²) in [7, 11) is 2.86. The number of urea groups is 1. The van der Waals surface area contributed by atoms with E-state index in [1.54, 1.807) is 20.0 Å². The molecule has 3 rings (SSSR count). The van der Waals surface area contributed by atoms with Crippen LogP contribution in [0.25, 0.3) is 0 Å². The van der Waals surface area contributed by atoms with Crippen LogP contribution in [0.5, 0.6) is 0 Å². The molecule has 0 aromatic heterocycles. The van der Waals surface area contributed by atoms with Gasteiger partial charge in [0.15, 0.2) is 0 Å². The highest BCUT2D eigenvalue weighted by Crippen LogP contribution is 2.33. The summed E-state index contributed by atoms with van der Waals surface area (Å²) in [5.41, 5.74) is 6.46. The highest BCUT2D eigenvalue weighted by atomic mass is 19.3. The average Bonchev–Trinajstić information content (AvgIpc) is 3.72. The Morgan fingerprint density at radius 3 is 2.31 bits per heavy atom. The predicted octanol–water partition coefficient (Wildman–Crippen LogP) is 3.88. The zero-order valence-corrected chi connectivity index (χ0v) is 20.7. The minimum absolute atomic E-state index is 0.0928. The molecule has 0 saturated heterocycles. The molecule has 8 nitrogen and oxygen atoms in total. The van der Waals surface area contributed by atoms with Gasteiger partial charge in [-0.05, 0) is 67.7 Å². The van der Waals surface area contributed by atoms with Crippen LogP contribution in [0.4, 0.5) is 23.7 Å². The molecule has 4 N–H and O–H groups in total. The molecule has 0 unspecified atom stereocenters. The number of rotatable bonds is 8. The molecular weight excluding hydrogens is 477 g/mol. The van der Waals surface area contributed by atoms with E-state index in [0.717, 1.165) is 12.8 Å². The van der Waals surface area contributed by atoms with Gasteiger partial charge >= 0.3 is 12.0 Å². The molecule has 0 radical (unpaired) electrons. The molecule has 3 amide bonds. The molecule has 2 saturated carbocycles. The molecule has 198 valence electrons. The maximum atomic E-state index is 14.9. The number of benzene rings is 1. The molecule has 0 aliphatic heterocycles. The highest BCUT2D eigenvalue weighted by Gasteiger charge is 2.35. The molecule has 36 heavy (non-hydrogen) atoms. The van der Waals surface area contributed by atoms with Crippen molar-refractivity contribution in [2.24, 2.45) is 11.7 Å². The molecule has 0 spiro atoms. The second-order valence-electron chi connectivity index (χ2n) is 9.54. The predicted molar refractivity (Wildman–Crippen MR) is 128 cm³/mol. The van der Waals surface area contributed by atoms with Crippen LogP contribution in [0.15, 0.2) is 29.9 Å². The summed E-state index contributed by atoms with van der Waals surface area (Å²) in [6.45, 7) is 1.66. The number of ether oxygens (including phenoxy) is 1. The Balaban J connectivity index is 1.65. The number of hydrogen-bond donors (Lipinski definition) is 3. The van der Waals surface area contributed by atoms with Crippen molar-refractivity contribution >= 4 is 23.6 Å². The molecular formula is C25H33F3N4O4. The third-order valence-corrected chi connectivity index (χ3v) is 7.14. The van der Waals surface area contributed by atoms with E-state index < -0.39 is 47.8 Å². The summed E-state index contributed by atoms with van der Waals surface area (Å²) in [6.07, 6.45) is 1.21. The molecule has 1 aromatic carbocycles. The Morgan fingerprint density at radius 1 is 1.14 bits per heavy atom. The molecule has 2 aliphatic carbocycles. The van der Waals surface area contributed by atoms with Gasteiger partial charge in [0.25, 0.3) is 6.08 Å². The van der Waals surface area contributed by atoms with Crippen molar-refractivity contribution in [2.75, 3.05) is 19.5 Å². The maximum absolute atomic E-state index is 14.9. The van der Waals surface area contributed by atoms with Crippen LogP contribution in [-0.2, 0) is 14.3 Å². The topological polar surface area (TPSA) is 114 Å². The third kappa shape index (κ3) is 6.57. The number of nitrogens with one attached hydrogen (secondary N) is 2. The Labute approximate surface area is 208 Å². The lowest BCUT2D eigenvalue weighted by Gasteiger charge is -2.28. The standard InChI is InChI=1S/C25H33F3N4O4/c1-13(21(24(34)36-3)31-25(35)32(2)17-9-10-17)16-8-11-19(18(26)12-16)30-23(33)20(29)14-4-6-15(7-5-14)22(27)28/h8,11-14,17,20-21H,4-7,9-10,29H2,1-3H3,(H,30,33)(H,31,35)/t13-,20-,21+/m0/s1. The first-order valence-corrected chi connectivity index (χ1v) is 12.0. The summed E-state index contributed by atoms with van der Waals surface area (Å²) in [6, 6.07) is 1.80. The Hall–Kier alpha value is -3.08. The van der Waals surface area contributed by atoms with E-state index >= 15 is 0 Å². The maximum Gasteiger partial charge on any atom is 0.329 e. The average molecular weight is 511 g/mol. The van der Waals surface area contributed by atoms with Gasteiger partial charge in [0, 0.05) is 19.0 Å². The van der Waals surface area contributed by atoms with Crippen molar-refractivity contribution in [3.05, 3.63) is 41.2 Å². The van der Waals surface area contributed by atoms with Crippen molar-refractivity contribution in [3.8, 4) is 0 Å². The number of carbonyl (C=O) groups is 3. The fraction of sp³-hybridized carbons (Fsp3) is 0.560. The van der Waals surface area contributed by atoms with Gasteiger partial charge in [0.05, 0.1) is 18.8 Å². The first-order chi connectivity index (χ1) is 17.0. The second-order valence-corrected chi connectivity index (χ2v) is 9.54. The van der Waals surface area contributed by atoms with Crippen molar-refractivity contribution in [1.29, 1.82) is 0 Å². The number of nitrogens with two attached hydrogens (primary N) is 1. The van der Waals surface area contributed by atoms with Crippen molar-refractivity contribution < 1.29 is 32.3 Å². The minimum Gasteiger partial charge on any atom is -0.467 e. The number of esters is 1. The fourth-order valence-corrected chi connectivity index (χ4v) is 4.45. The van der Waals surface area contributed by atoms with Gasteiger partial charge in [-0.2, -0.15) is 8.78 Å². The smallest absolute Gasteiger partial charge is 0.329 e. The second kappa shape index (κ2) is 11.8. The Morgan fingerprint density at radius 2 is 1.78 bits per heavy atom. The highest BCUT2D eigenvalue weighted by molar-refractivity contribution is 5.95. The lowest BCUT2D eigenvalue weighted by atomic mass is 9.81. The van der Waals surface area contributed by atoms with Crippen molar-refractivity contribution in [1.82, 2.24) is 10.2 Å². The van der Waals surface area contributed by atoms with E-state index in [4.69, 9.17) is 10.5 Å². The van der Waals surface area contributed by atoms with Crippen LogP contribution in [0.1, 0.15) is 56.9 Å². The van der Waals surface area contributed by atoms with E-state index in [1.165, 1.54) is 24.1 Å². The van der Waals surface area contributed by atoms with Crippen molar-refractivity contribution in [3.63, 3.8) is 0 Å². The Kier molecular flexibility index (Phi) is 8.99. The van der Waals surface area contributed by atoms with Gasteiger partial charge in [-0.15, -0.1) is 0 Å². The van der Waals surface area contributed by atoms with E-state index in [2.05, 4.69) is 10.6 Å². The van der Waals surface area contributed by atoms with Crippen LogP contribution < -0.4 is 16.4 Å². The molecule has 0 heterocycles. The first-order valence-electron chi connectivity index (χ1n) is 12.0. The van der Waals surface area contributed by atoms with E-state index in [1.807, 2.05) is 0 Å². The van der Waals surface area contributed by atoms with Gasteiger partial charge in [-0.3, -0.25) is 4.79 Å². The van der Waals surface area contributed by atoms with Crippen LogP contribution in [0.3, 0.4) is 0 Å². The van der Waals surface area contributed by atoms with E-state index in [-0.39, 0.29) is 36.1 Å². The normalized spacial score (nSPS) is 20.1. The number of halogens is 3. The van der Waals surface area contributed by atoms with E-state index in [0.29, 0.717) is 18.4 Å². The van der Waals surface area contributed by atoms with Gasteiger partial charge < -0.3 is 26.0 Å². The number of nitrogens with zero attached hydrogens (tertiary/aromatic N) is 1. The number of carbonyl (C=O) groups excluding carboxylic acids is 3. The number of allylic oxidation sites excluding steroid dienone is 1. The van der Waals surface area contributed by atoms with Crippen LogP contribution in [0, 0.1) is 11.7 Å². The SMILES string of the molecule is COC(=O)[C@H](NC(=O)N(C)C1CC1)[C@@H](C)c1ccc(NC(=O)[C@@H](N)C2CCC(=C(F)F)CC2)c(F)c1. The van der Waals surface area contributed by atoms with Gasteiger partial charge in [0.2, 0.25) is 5.91 Å². The number of methoxy groups -OCH3 is 1. The molecule has 11 heteroatoms. The molecule has 3 atom stereocenters. The van der Waals surface area contributed by atoms with Gasteiger partial charge in [0.1, 0.15) is 11.9 Å². The number of amides is 3. The number of hydrogen-bond acceptors (Lipinski definition) is 5. The zero-order valence-electron chi connectivity index (χ0n) is 20.7. The van der Waals surface area contributed by atoms with Crippen LogP contribution >= 0.6 is 0 Å². The molecule has 2 fully saturated rings. The molecule has 1 aromatic rings. The lowest BCUT2D eigenvalue weighted by molar-refractivity contribution is -0.143. The number of anilines is 1. The molecule has 2 aliphatic rings. The monoisotopic (exact) mass is 510 g/mol. The summed E-state index contributed by atoms with van der Waals surface area (Å²) in [4.78, 5) is 39.0. The Bertz CT molecular complexity index is 1020. The van der Waals surface area contributed by atoms with E-state index in [9.17, 15) is 27.6 Å². The largest absolute Gasteiger partial charge is 0.467 e. The van der Waals surface area contributed by atoms with Gasteiger partial charge in [-0.1, -0.05) is 13.0 Å². The lowest BCUT2D eigenvalue weighted by Crippen LogP contribution is -2.50. The minimum atomic E-state index is -1.67. The van der Waals surface area contributed by atoms with Crippen LogP contribution in [-0.4, -0.2) is 55.1 Å². The summed E-state index contributed by atoms with van der Waals surface area (Å²) in [5.74, 6) is -2.92. The summed E-state index contributed by atoms with van der Waals surface area (Å²) < 4.78 is 45.3. The molecule has 0 bridgehead atoms. The summed E-state index contributed by atoms with van der Waals surface area (Å²) >= 11 is 0. The van der Waals surface area contributed by atoms with Crippen molar-refractivity contribution in [2.45, 2.75) is 69.5 Å². The van der Waals surface area contributed by atoms with Gasteiger partial charge in [-0.25, -0.2) is 14.0 Å². The fourth-order valence-electron chi connectivity index (χ4n) is 4.45. The van der Waals surface area contributed by atoms with Crippen LogP contribution in [0.2, 0.25) is 0 Å². The first kappa shape index (κ1) is 27.5. The third-order valence-electron chi connectivity index (χ3n) is 7.14.